The molecule has 0 saturated carbocycles. The Labute approximate surface area is 267 Å². The summed E-state index contributed by atoms with van der Waals surface area (Å²) in [6.07, 6.45) is 4.91. The van der Waals surface area contributed by atoms with Crippen molar-refractivity contribution >= 4 is 61.9 Å². The van der Waals surface area contributed by atoms with Gasteiger partial charge in [-0.15, -0.1) is 0 Å². The molecule has 0 bridgehead atoms. The molecule has 211 valence electrons. The molecule has 6 rings (SSSR count). The molecule has 0 amide bonds. The molecule has 0 saturated heterocycles. The summed E-state index contributed by atoms with van der Waals surface area (Å²) in [5.41, 5.74) is 5.92. The molecule has 0 fully saturated rings. The molecular weight excluding hydrogens is 575 g/mol. The van der Waals surface area contributed by atoms with Crippen LogP contribution in [0.15, 0.2) is 152 Å². The third-order valence-corrected chi connectivity index (χ3v) is 13.8. The fourth-order valence-electron chi connectivity index (χ4n) is 6.01. The minimum atomic E-state index is -2.59. The van der Waals surface area contributed by atoms with E-state index in [0.717, 1.165) is 23.4 Å². The van der Waals surface area contributed by atoms with Crippen molar-refractivity contribution < 1.29 is 0 Å². The number of rotatable bonds is 11. The zero-order chi connectivity index (χ0) is 29.5. The van der Waals surface area contributed by atoms with Crippen LogP contribution in [0.3, 0.4) is 0 Å². The Bertz CT molecular complexity index is 1640. The summed E-state index contributed by atoms with van der Waals surface area (Å²) in [6, 6.07) is 50.7. The number of aromatic nitrogens is 2. The fourth-order valence-corrected chi connectivity index (χ4v) is 11.0. The third kappa shape index (κ3) is 6.33. The van der Waals surface area contributed by atoms with E-state index in [9.17, 15) is 0 Å². The van der Waals surface area contributed by atoms with Gasteiger partial charge in [-0.2, -0.15) is 25.3 Å². The van der Waals surface area contributed by atoms with Gasteiger partial charge in [0, 0.05) is 30.1 Å². The maximum absolute atomic E-state index is 4.94. The number of thiol groups is 2. The van der Waals surface area contributed by atoms with Crippen LogP contribution in [-0.2, 0) is 17.7 Å². The maximum atomic E-state index is 4.94. The molecule has 1 aromatic heterocycles. The summed E-state index contributed by atoms with van der Waals surface area (Å²) in [4.78, 5) is 4.94. The van der Waals surface area contributed by atoms with E-state index >= 15 is 0 Å². The second-order valence-corrected chi connectivity index (χ2v) is 15.4. The lowest BCUT2D eigenvalue weighted by Gasteiger charge is -2.35. The average molecular weight is 610 g/mol. The molecule has 0 spiro atoms. The Kier molecular flexibility index (Phi) is 9.37. The van der Waals surface area contributed by atoms with Crippen molar-refractivity contribution in [3.8, 4) is 0 Å². The third-order valence-electron chi connectivity index (χ3n) is 8.31. The smallest absolute Gasteiger partial charge is 0.215 e. The van der Waals surface area contributed by atoms with E-state index in [1.807, 2.05) is 6.20 Å². The van der Waals surface area contributed by atoms with Crippen molar-refractivity contribution in [3.63, 3.8) is 0 Å². The van der Waals surface area contributed by atoms with Crippen molar-refractivity contribution in [2.24, 2.45) is 0 Å². The van der Waals surface area contributed by atoms with Gasteiger partial charge >= 0.3 is 0 Å². The summed E-state index contributed by atoms with van der Waals surface area (Å²) in [7, 11) is -0.265. The Balaban J connectivity index is 1.49. The lowest BCUT2D eigenvalue weighted by Crippen LogP contribution is -2.70. The van der Waals surface area contributed by atoms with Gasteiger partial charge in [-0.3, -0.25) is 4.98 Å². The van der Waals surface area contributed by atoms with Crippen LogP contribution in [0.4, 0.5) is 0 Å². The predicted octanol–water partition coefficient (Wildman–Crippen LogP) is 5.57. The van der Waals surface area contributed by atoms with Crippen LogP contribution in [-0.4, -0.2) is 24.9 Å². The minimum absolute atomic E-state index is 0.0840. The second-order valence-electron chi connectivity index (χ2n) is 10.9. The SMILES string of the molecule is SCc1ccc([Si](Cn2ccnc2[B]C(c2ccccc2)c2ccccc2)(c2ccccc2)c2ccc(CS)cc2)cc1. The molecule has 0 N–H and O–H groups in total. The number of hydrogen-bond acceptors (Lipinski definition) is 3. The van der Waals surface area contributed by atoms with E-state index in [1.54, 1.807) is 0 Å². The van der Waals surface area contributed by atoms with E-state index in [2.05, 4.69) is 183 Å². The molecule has 0 aliphatic rings. The quantitative estimate of drug-likeness (QED) is 0.112. The van der Waals surface area contributed by atoms with Crippen molar-refractivity contribution in [3.05, 3.63) is 174 Å². The fraction of sp³-hybridized carbons (Fsp3) is 0.108. The molecule has 1 heterocycles. The van der Waals surface area contributed by atoms with Gasteiger partial charge in [0.15, 0.2) is 8.07 Å². The van der Waals surface area contributed by atoms with Gasteiger partial charge in [0.25, 0.3) is 0 Å². The molecule has 43 heavy (non-hydrogen) atoms. The molecule has 0 aliphatic carbocycles. The average Bonchev–Trinajstić information content (AvgIpc) is 3.53. The molecule has 6 heteroatoms. The summed E-state index contributed by atoms with van der Waals surface area (Å²) >= 11 is 9.09. The zero-order valence-corrected chi connectivity index (χ0v) is 26.8. The highest BCUT2D eigenvalue weighted by Crippen LogP contribution is 2.23. The van der Waals surface area contributed by atoms with Crippen LogP contribution in [0, 0.1) is 0 Å². The summed E-state index contributed by atoms with van der Waals surface area (Å²) < 4.78 is 2.37. The Morgan fingerprint density at radius 2 is 1.02 bits per heavy atom. The number of imidazole rings is 1. The van der Waals surface area contributed by atoms with Crippen LogP contribution in [0.25, 0.3) is 0 Å². The normalized spacial score (nSPS) is 11.5. The van der Waals surface area contributed by atoms with E-state index in [-0.39, 0.29) is 5.82 Å². The monoisotopic (exact) mass is 609 g/mol. The molecular formula is C37H34BN2S2Si. The first-order chi connectivity index (χ1) is 21.2. The molecule has 1 radical (unpaired) electrons. The minimum Gasteiger partial charge on any atom is -0.345 e. The van der Waals surface area contributed by atoms with E-state index in [0.29, 0.717) is 0 Å². The van der Waals surface area contributed by atoms with Gasteiger partial charge in [-0.05, 0) is 43.6 Å². The molecule has 5 aromatic carbocycles. The Hall–Kier alpha value is -3.71. The van der Waals surface area contributed by atoms with Gasteiger partial charge < -0.3 is 4.57 Å². The summed E-state index contributed by atoms with van der Waals surface area (Å²) in [5.74, 6) is 1.52. The van der Waals surface area contributed by atoms with Crippen LogP contribution < -0.4 is 21.3 Å². The zero-order valence-electron chi connectivity index (χ0n) is 24.0. The van der Waals surface area contributed by atoms with Crippen molar-refractivity contribution in [2.75, 3.05) is 0 Å². The van der Waals surface area contributed by atoms with E-state index < -0.39 is 8.07 Å². The molecule has 6 aromatic rings. The topological polar surface area (TPSA) is 17.8 Å². The largest absolute Gasteiger partial charge is 0.345 e. The van der Waals surface area contributed by atoms with Gasteiger partial charge in [0.05, 0.1) is 5.72 Å². The number of benzene rings is 5. The van der Waals surface area contributed by atoms with Crippen LogP contribution in [0.5, 0.6) is 0 Å². The van der Waals surface area contributed by atoms with Crippen molar-refractivity contribution in [1.29, 1.82) is 0 Å². The molecule has 0 unspecified atom stereocenters. The van der Waals surface area contributed by atoms with E-state index in [1.165, 1.54) is 37.8 Å². The van der Waals surface area contributed by atoms with Gasteiger partial charge in [0.2, 0.25) is 7.28 Å². The van der Waals surface area contributed by atoms with Crippen molar-refractivity contribution in [2.45, 2.75) is 23.5 Å². The second kappa shape index (κ2) is 13.7. The van der Waals surface area contributed by atoms with E-state index in [4.69, 9.17) is 4.98 Å². The van der Waals surface area contributed by atoms with Gasteiger partial charge in [-0.1, -0.05) is 140 Å². The lowest BCUT2D eigenvalue weighted by molar-refractivity contribution is 0.889. The first-order valence-electron chi connectivity index (χ1n) is 14.6. The van der Waals surface area contributed by atoms with Gasteiger partial charge in [0.1, 0.15) is 0 Å². The molecule has 0 aliphatic heterocycles. The summed E-state index contributed by atoms with van der Waals surface area (Å²) in [5, 5.41) is 4.10. The standard InChI is InChI=1S/C37H34BN2S2Si/c41-26-29-16-20-34(21-17-29)43(33-14-8-3-9-15-33,35-22-18-30(27-42)19-23-35)28-40-25-24-39-37(40)38-36(31-10-4-1-5-11-31)32-12-6-2-7-13-32/h1-25,36,41-42H,26-28H2. The van der Waals surface area contributed by atoms with Crippen LogP contribution in [0.1, 0.15) is 28.1 Å². The molecule has 0 atom stereocenters. The predicted molar refractivity (Wildman–Crippen MR) is 192 cm³/mol. The maximum Gasteiger partial charge on any atom is 0.215 e. The highest BCUT2D eigenvalue weighted by Gasteiger charge is 2.40. The van der Waals surface area contributed by atoms with Crippen LogP contribution >= 0.6 is 25.3 Å². The van der Waals surface area contributed by atoms with Gasteiger partial charge in [-0.25, -0.2) is 0 Å². The highest BCUT2D eigenvalue weighted by molar-refractivity contribution is 7.79. The first kappa shape index (κ1) is 29.4. The number of nitrogens with zero attached hydrogens (tertiary/aromatic N) is 2. The Morgan fingerprint density at radius 3 is 1.49 bits per heavy atom. The Morgan fingerprint density at radius 1 is 0.581 bits per heavy atom. The van der Waals surface area contributed by atoms with Crippen LogP contribution in [0.2, 0.25) is 0 Å². The first-order valence-corrected chi connectivity index (χ1v) is 18.1. The van der Waals surface area contributed by atoms with Crippen molar-refractivity contribution in [1.82, 2.24) is 9.55 Å². The summed E-state index contributed by atoms with van der Waals surface area (Å²) in [6.45, 7) is 0. The molecule has 2 nitrogen and oxygen atoms in total. The lowest BCUT2D eigenvalue weighted by atomic mass is 9.58. The number of hydrogen-bond donors (Lipinski definition) is 2. The highest BCUT2D eigenvalue weighted by atomic mass is 32.1.